The van der Waals surface area contributed by atoms with Crippen molar-refractivity contribution in [1.29, 1.82) is 0 Å². The topological polar surface area (TPSA) is 80.9 Å². The van der Waals surface area contributed by atoms with Gasteiger partial charge in [-0.15, -0.1) is 11.8 Å². The van der Waals surface area contributed by atoms with Crippen LogP contribution in [0.1, 0.15) is 12.8 Å². The maximum atomic E-state index is 11.8. The molecule has 0 aliphatic heterocycles. The van der Waals surface area contributed by atoms with E-state index in [1.165, 1.54) is 0 Å². The van der Waals surface area contributed by atoms with Crippen LogP contribution in [0.3, 0.4) is 0 Å². The van der Waals surface area contributed by atoms with Gasteiger partial charge in [0.05, 0.1) is 16.9 Å². The third-order valence-electron chi connectivity index (χ3n) is 2.60. The molecule has 0 radical (unpaired) electrons. The summed E-state index contributed by atoms with van der Waals surface area (Å²) in [7, 11) is 0. The molecule has 0 bridgehead atoms. The maximum absolute atomic E-state index is 11.8. The van der Waals surface area contributed by atoms with Gasteiger partial charge in [-0.1, -0.05) is 11.6 Å². The van der Waals surface area contributed by atoms with Gasteiger partial charge in [-0.25, -0.2) is 4.98 Å². The van der Waals surface area contributed by atoms with Crippen molar-refractivity contribution >= 4 is 40.6 Å². The molecule has 2 rings (SSSR count). The SMILES string of the molecule is Nc1ccc(NC(=O)CCCSc2cnccn2)c(Cl)c1. The fourth-order valence-corrected chi connectivity index (χ4v) is 2.62. The molecule has 0 unspecified atom stereocenters. The molecular formula is C14H15ClN4OS. The number of nitrogen functional groups attached to an aromatic ring is 1. The molecule has 3 N–H and O–H groups in total. The molecule has 1 aromatic heterocycles. The van der Waals surface area contributed by atoms with Crippen LogP contribution in [-0.2, 0) is 4.79 Å². The van der Waals surface area contributed by atoms with Crippen LogP contribution in [0.25, 0.3) is 0 Å². The van der Waals surface area contributed by atoms with Crippen molar-refractivity contribution in [3.8, 4) is 0 Å². The lowest BCUT2D eigenvalue weighted by Gasteiger charge is -2.07. The number of nitrogens with two attached hydrogens (primary N) is 1. The highest BCUT2D eigenvalue weighted by Gasteiger charge is 2.06. The first-order valence-corrected chi connectivity index (χ1v) is 7.75. The lowest BCUT2D eigenvalue weighted by Crippen LogP contribution is -2.11. The number of hydrogen-bond donors (Lipinski definition) is 2. The van der Waals surface area contributed by atoms with Gasteiger partial charge >= 0.3 is 0 Å². The quantitative estimate of drug-likeness (QED) is 0.485. The first kappa shape index (κ1) is 15.6. The van der Waals surface area contributed by atoms with E-state index in [4.69, 9.17) is 17.3 Å². The van der Waals surface area contributed by atoms with Gasteiger partial charge in [0.1, 0.15) is 5.03 Å². The highest BCUT2D eigenvalue weighted by Crippen LogP contribution is 2.24. The Morgan fingerprint density at radius 2 is 2.24 bits per heavy atom. The van der Waals surface area contributed by atoms with Crippen molar-refractivity contribution in [2.75, 3.05) is 16.8 Å². The van der Waals surface area contributed by atoms with Crippen molar-refractivity contribution in [1.82, 2.24) is 9.97 Å². The monoisotopic (exact) mass is 322 g/mol. The van der Waals surface area contributed by atoms with Crippen molar-refractivity contribution in [3.63, 3.8) is 0 Å². The molecule has 0 aliphatic rings. The minimum absolute atomic E-state index is 0.0681. The normalized spacial score (nSPS) is 10.3. The average molecular weight is 323 g/mol. The summed E-state index contributed by atoms with van der Waals surface area (Å²) in [6, 6.07) is 5.01. The van der Waals surface area contributed by atoms with Crippen molar-refractivity contribution in [2.45, 2.75) is 17.9 Å². The lowest BCUT2D eigenvalue weighted by molar-refractivity contribution is -0.116. The zero-order chi connectivity index (χ0) is 15.1. The first-order valence-electron chi connectivity index (χ1n) is 6.39. The molecule has 0 spiro atoms. The van der Waals surface area contributed by atoms with Crippen LogP contribution in [0.4, 0.5) is 11.4 Å². The summed E-state index contributed by atoms with van der Waals surface area (Å²) in [6.45, 7) is 0. The summed E-state index contributed by atoms with van der Waals surface area (Å²) in [4.78, 5) is 20.0. The Hall–Kier alpha value is -1.79. The van der Waals surface area contributed by atoms with E-state index < -0.39 is 0 Å². The molecule has 0 saturated heterocycles. The van der Waals surface area contributed by atoms with Crippen LogP contribution in [0.5, 0.6) is 0 Å². The Balaban J connectivity index is 1.72. The standard InChI is InChI=1S/C14H15ClN4OS/c15-11-8-10(16)3-4-12(11)19-13(20)2-1-7-21-14-9-17-5-6-18-14/h3-6,8-9H,1-2,7,16H2,(H,19,20). The molecular weight excluding hydrogens is 308 g/mol. The zero-order valence-electron chi connectivity index (χ0n) is 11.3. The summed E-state index contributed by atoms with van der Waals surface area (Å²) < 4.78 is 0. The molecule has 0 fully saturated rings. The first-order chi connectivity index (χ1) is 10.1. The molecule has 7 heteroatoms. The fraction of sp³-hybridized carbons (Fsp3) is 0.214. The number of halogens is 1. The van der Waals surface area contributed by atoms with Gasteiger partial charge < -0.3 is 11.1 Å². The molecule has 5 nitrogen and oxygen atoms in total. The Labute approximate surface area is 132 Å². The number of carbonyl (C=O) groups excluding carboxylic acids is 1. The lowest BCUT2D eigenvalue weighted by atomic mass is 10.2. The van der Waals surface area contributed by atoms with Gasteiger partial charge in [0.15, 0.2) is 0 Å². The van der Waals surface area contributed by atoms with E-state index >= 15 is 0 Å². The third-order valence-corrected chi connectivity index (χ3v) is 3.92. The number of benzene rings is 1. The van der Waals surface area contributed by atoms with E-state index in [1.54, 1.807) is 48.6 Å². The van der Waals surface area contributed by atoms with Crippen LogP contribution in [0.15, 0.2) is 41.8 Å². The van der Waals surface area contributed by atoms with E-state index in [0.29, 0.717) is 22.8 Å². The molecule has 0 aliphatic carbocycles. The van der Waals surface area contributed by atoms with Gasteiger partial charge in [-0.05, 0) is 24.6 Å². The summed E-state index contributed by atoms with van der Waals surface area (Å²) in [6.07, 6.45) is 6.17. The Bertz CT molecular complexity index is 609. The molecule has 0 atom stereocenters. The van der Waals surface area contributed by atoms with Gasteiger partial charge in [0, 0.05) is 30.3 Å². The zero-order valence-corrected chi connectivity index (χ0v) is 12.8. The molecule has 1 aromatic carbocycles. The van der Waals surface area contributed by atoms with Crippen LogP contribution in [-0.4, -0.2) is 21.6 Å². The highest BCUT2D eigenvalue weighted by atomic mass is 35.5. The number of rotatable bonds is 6. The number of aromatic nitrogens is 2. The largest absolute Gasteiger partial charge is 0.399 e. The number of amides is 1. The number of hydrogen-bond acceptors (Lipinski definition) is 5. The van der Waals surface area contributed by atoms with E-state index in [9.17, 15) is 4.79 Å². The second-order valence-electron chi connectivity index (χ2n) is 4.28. The fourth-order valence-electron chi connectivity index (χ4n) is 1.61. The van der Waals surface area contributed by atoms with Crippen LogP contribution in [0, 0.1) is 0 Å². The number of thioether (sulfide) groups is 1. The summed E-state index contributed by atoms with van der Waals surface area (Å²) in [5.74, 6) is 0.739. The van der Waals surface area contributed by atoms with Crippen molar-refractivity contribution in [2.24, 2.45) is 0 Å². The molecule has 21 heavy (non-hydrogen) atoms. The molecule has 1 amide bonds. The second kappa shape index (κ2) is 7.85. The molecule has 2 aromatic rings. The van der Waals surface area contributed by atoms with E-state index in [0.717, 1.165) is 17.2 Å². The number of nitrogens with one attached hydrogen (secondary N) is 1. The highest BCUT2D eigenvalue weighted by molar-refractivity contribution is 7.99. The molecule has 1 heterocycles. The number of nitrogens with zero attached hydrogens (tertiary/aromatic N) is 2. The third kappa shape index (κ3) is 5.24. The smallest absolute Gasteiger partial charge is 0.224 e. The van der Waals surface area contributed by atoms with E-state index in [2.05, 4.69) is 15.3 Å². The summed E-state index contributed by atoms with van der Waals surface area (Å²) in [5, 5.41) is 4.07. The Morgan fingerprint density at radius 1 is 1.38 bits per heavy atom. The van der Waals surface area contributed by atoms with Crippen LogP contribution >= 0.6 is 23.4 Å². The predicted octanol–water partition coefficient (Wildman–Crippen LogP) is 3.22. The minimum atomic E-state index is -0.0681. The van der Waals surface area contributed by atoms with Gasteiger partial charge in [-0.2, -0.15) is 0 Å². The molecule has 110 valence electrons. The van der Waals surface area contributed by atoms with Crippen LogP contribution < -0.4 is 11.1 Å². The minimum Gasteiger partial charge on any atom is -0.399 e. The van der Waals surface area contributed by atoms with Gasteiger partial charge in [0.2, 0.25) is 5.91 Å². The predicted molar refractivity (Wildman–Crippen MR) is 86.5 cm³/mol. The summed E-state index contributed by atoms with van der Waals surface area (Å²) in [5.41, 5.74) is 6.75. The van der Waals surface area contributed by atoms with E-state index in [1.807, 2.05) is 0 Å². The van der Waals surface area contributed by atoms with Gasteiger partial charge in [0.25, 0.3) is 0 Å². The second-order valence-corrected chi connectivity index (χ2v) is 5.81. The Morgan fingerprint density at radius 3 is 2.95 bits per heavy atom. The maximum Gasteiger partial charge on any atom is 0.224 e. The van der Waals surface area contributed by atoms with Crippen molar-refractivity contribution < 1.29 is 4.79 Å². The van der Waals surface area contributed by atoms with Crippen LogP contribution in [0.2, 0.25) is 5.02 Å². The summed E-state index contributed by atoms with van der Waals surface area (Å²) >= 11 is 7.58. The van der Waals surface area contributed by atoms with Gasteiger partial charge in [-0.3, -0.25) is 9.78 Å². The molecule has 0 saturated carbocycles. The van der Waals surface area contributed by atoms with E-state index in [-0.39, 0.29) is 5.91 Å². The number of anilines is 2. The average Bonchev–Trinajstić information content (AvgIpc) is 2.48. The number of carbonyl (C=O) groups is 1. The van der Waals surface area contributed by atoms with Crippen molar-refractivity contribution in [3.05, 3.63) is 41.8 Å². The Kier molecular flexibility index (Phi) is 5.83.